The standard InChI is InChI=1S/C18H29NO/c1-4-11-19-16(5-2)7-6-8-17-13-15-12-14(3)9-10-18(15)20-17/h9-10,12,16-17,19H,4-8,11,13H2,1-3H3. The Balaban J connectivity index is 1.71. The molecule has 0 saturated heterocycles. The van der Waals surface area contributed by atoms with Gasteiger partial charge in [0.1, 0.15) is 11.9 Å². The van der Waals surface area contributed by atoms with Crippen LogP contribution in [0.25, 0.3) is 0 Å². The zero-order valence-corrected chi connectivity index (χ0v) is 13.2. The van der Waals surface area contributed by atoms with E-state index in [-0.39, 0.29) is 0 Å². The monoisotopic (exact) mass is 275 g/mol. The number of hydrogen-bond donors (Lipinski definition) is 1. The van der Waals surface area contributed by atoms with E-state index in [0.717, 1.165) is 18.7 Å². The Bertz CT molecular complexity index is 416. The van der Waals surface area contributed by atoms with E-state index in [9.17, 15) is 0 Å². The van der Waals surface area contributed by atoms with Crippen LogP contribution in [-0.2, 0) is 6.42 Å². The molecule has 0 fully saturated rings. The molecule has 1 aliphatic heterocycles. The number of nitrogens with one attached hydrogen (secondary N) is 1. The molecule has 2 nitrogen and oxygen atoms in total. The number of ether oxygens (including phenoxy) is 1. The van der Waals surface area contributed by atoms with Crippen LogP contribution in [-0.4, -0.2) is 18.7 Å². The van der Waals surface area contributed by atoms with Crippen molar-refractivity contribution in [2.24, 2.45) is 0 Å². The summed E-state index contributed by atoms with van der Waals surface area (Å²) in [6.07, 6.45) is 7.64. The van der Waals surface area contributed by atoms with Gasteiger partial charge in [-0.05, 0) is 57.2 Å². The quantitative estimate of drug-likeness (QED) is 0.766. The van der Waals surface area contributed by atoms with Gasteiger partial charge in [0.2, 0.25) is 0 Å². The van der Waals surface area contributed by atoms with Crippen LogP contribution in [0, 0.1) is 6.92 Å². The van der Waals surface area contributed by atoms with Crippen molar-refractivity contribution in [3.05, 3.63) is 29.3 Å². The van der Waals surface area contributed by atoms with Gasteiger partial charge in [0.05, 0.1) is 0 Å². The molecule has 112 valence electrons. The van der Waals surface area contributed by atoms with Crippen molar-refractivity contribution in [3.63, 3.8) is 0 Å². The summed E-state index contributed by atoms with van der Waals surface area (Å²) in [5.74, 6) is 1.11. The van der Waals surface area contributed by atoms with Gasteiger partial charge >= 0.3 is 0 Å². The first-order valence-electron chi connectivity index (χ1n) is 8.22. The molecule has 20 heavy (non-hydrogen) atoms. The minimum absolute atomic E-state index is 0.399. The second-order valence-electron chi connectivity index (χ2n) is 6.05. The smallest absolute Gasteiger partial charge is 0.123 e. The molecule has 2 rings (SSSR count). The first kappa shape index (κ1) is 15.4. The van der Waals surface area contributed by atoms with E-state index in [2.05, 4.69) is 44.3 Å². The Kier molecular flexibility index (Phi) is 5.90. The fraction of sp³-hybridized carbons (Fsp3) is 0.667. The molecule has 1 aliphatic rings. The van der Waals surface area contributed by atoms with E-state index in [0.29, 0.717) is 12.1 Å². The summed E-state index contributed by atoms with van der Waals surface area (Å²) < 4.78 is 6.04. The van der Waals surface area contributed by atoms with Crippen molar-refractivity contribution < 1.29 is 4.74 Å². The molecule has 0 amide bonds. The molecule has 2 atom stereocenters. The van der Waals surface area contributed by atoms with E-state index in [4.69, 9.17) is 4.74 Å². The molecule has 1 aromatic rings. The molecule has 0 spiro atoms. The Morgan fingerprint density at radius 3 is 2.95 bits per heavy atom. The zero-order chi connectivity index (χ0) is 14.4. The summed E-state index contributed by atoms with van der Waals surface area (Å²) >= 11 is 0. The average Bonchev–Trinajstić information content (AvgIpc) is 2.84. The van der Waals surface area contributed by atoms with E-state index in [1.165, 1.54) is 43.2 Å². The van der Waals surface area contributed by atoms with Gasteiger partial charge in [-0.2, -0.15) is 0 Å². The molecule has 0 aliphatic carbocycles. The third kappa shape index (κ3) is 4.24. The molecule has 2 unspecified atom stereocenters. The molecule has 0 saturated carbocycles. The van der Waals surface area contributed by atoms with Crippen molar-refractivity contribution in [2.75, 3.05) is 6.54 Å². The summed E-state index contributed by atoms with van der Waals surface area (Å²) in [4.78, 5) is 0. The maximum absolute atomic E-state index is 6.04. The Hall–Kier alpha value is -1.02. The number of fused-ring (bicyclic) bond motifs is 1. The molecule has 1 heterocycles. The van der Waals surface area contributed by atoms with Gasteiger partial charge < -0.3 is 10.1 Å². The Morgan fingerprint density at radius 1 is 1.35 bits per heavy atom. The number of rotatable bonds is 8. The second kappa shape index (κ2) is 7.68. The molecule has 1 aromatic carbocycles. The largest absolute Gasteiger partial charge is 0.490 e. The SMILES string of the molecule is CCCNC(CC)CCCC1Cc2cc(C)ccc2O1. The first-order chi connectivity index (χ1) is 9.72. The van der Waals surface area contributed by atoms with Gasteiger partial charge in [0.25, 0.3) is 0 Å². The Labute approximate surface area is 123 Å². The van der Waals surface area contributed by atoms with Crippen LogP contribution in [0.1, 0.15) is 57.1 Å². The molecular formula is C18H29NO. The highest BCUT2D eigenvalue weighted by Crippen LogP contribution is 2.31. The van der Waals surface area contributed by atoms with Gasteiger partial charge in [-0.25, -0.2) is 0 Å². The molecule has 2 heteroatoms. The zero-order valence-electron chi connectivity index (χ0n) is 13.2. The number of benzene rings is 1. The molecule has 0 radical (unpaired) electrons. The third-order valence-corrected chi connectivity index (χ3v) is 4.21. The summed E-state index contributed by atoms with van der Waals surface area (Å²) in [6, 6.07) is 7.22. The average molecular weight is 275 g/mol. The van der Waals surface area contributed by atoms with E-state index in [1.807, 2.05) is 0 Å². The van der Waals surface area contributed by atoms with Crippen molar-refractivity contribution in [1.29, 1.82) is 0 Å². The van der Waals surface area contributed by atoms with Crippen LogP contribution in [0.3, 0.4) is 0 Å². The summed E-state index contributed by atoms with van der Waals surface area (Å²) in [5, 5.41) is 3.63. The lowest BCUT2D eigenvalue weighted by molar-refractivity contribution is 0.214. The molecule has 1 N–H and O–H groups in total. The number of aryl methyl sites for hydroxylation is 1. The minimum Gasteiger partial charge on any atom is -0.490 e. The molecule has 0 bridgehead atoms. The van der Waals surface area contributed by atoms with Gasteiger partial charge in [-0.15, -0.1) is 0 Å². The predicted octanol–water partition coefficient (Wildman–Crippen LogP) is 4.25. The fourth-order valence-corrected chi connectivity index (χ4v) is 3.00. The fourth-order valence-electron chi connectivity index (χ4n) is 3.00. The van der Waals surface area contributed by atoms with Gasteiger partial charge in [0.15, 0.2) is 0 Å². The van der Waals surface area contributed by atoms with Crippen LogP contribution < -0.4 is 10.1 Å². The summed E-state index contributed by atoms with van der Waals surface area (Å²) in [6.45, 7) is 7.80. The minimum atomic E-state index is 0.399. The maximum Gasteiger partial charge on any atom is 0.123 e. The van der Waals surface area contributed by atoms with Gasteiger partial charge in [0, 0.05) is 12.5 Å². The first-order valence-corrected chi connectivity index (χ1v) is 8.22. The molecule has 0 aromatic heterocycles. The van der Waals surface area contributed by atoms with Crippen LogP contribution >= 0.6 is 0 Å². The van der Waals surface area contributed by atoms with Gasteiger partial charge in [-0.1, -0.05) is 31.5 Å². The van der Waals surface area contributed by atoms with Crippen molar-refractivity contribution in [3.8, 4) is 5.75 Å². The maximum atomic E-state index is 6.04. The van der Waals surface area contributed by atoms with Crippen LogP contribution in [0.5, 0.6) is 5.75 Å². The normalized spacial score (nSPS) is 18.6. The lowest BCUT2D eigenvalue weighted by atomic mass is 10.0. The molecular weight excluding hydrogens is 246 g/mol. The lowest BCUT2D eigenvalue weighted by Crippen LogP contribution is -2.29. The van der Waals surface area contributed by atoms with Crippen molar-refractivity contribution in [2.45, 2.75) is 71.4 Å². The predicted molar refractivity (Wildman–Crippen MR) is 85.5 cm³/mol. The summed E-state index contributed by atoms with van der Waals surface area (Å²) in [5.41, 5.74) is 2.73. The highest BCUT2D eigenvalue weighted by Gasteiger charge is 2.22. The summed E-state index contributed by atoms with van der Waals surface area (Å²) in [7, 11) is 0. The van der Waals surface area contributed by atoms with E-state index < -0.39 is 0 Å². The van der Waals surface area contributed by atoms with Crippen molar-refractivity contribution in [1.82, 2.24) is 5.32 Å². The number of hydrogen-bond acceptors (Lipinski definition) is 2. The Morgan fingerprint density at radius 2 is 2.20 bits per heavy atom. The van der Waals surface area contributed by atoms with Crippen LogP contribution in [0.15, 0.2) is 18.2 Å². The third-order valence-electron chi connectivity index (χ3n) is 4.21. The van der Waals surface area contributed by atoms with Gasteiger partial charge in [-0.3, -0.25) is 0 Å². The second-order valence-corrected chi connectivity index (χ2v) is 6.05. The van der Waals surface area contributed by atoms with Crippen LogP contribution in [0.2, 0.25) is 0 Å². The lowest BCUT2D eigenvalue weighted by Gasteiger charge is -2.17. The van der Waals surface area contributed by atoms with E-state index >= 15 is 0 Å². The van der Waals surface area contributed by atoms with Crippen molar-refractivity contribution >= 4 is 0 Å². The highest BCUT2D eigenvalue weighted by atomic mass is 16.5. The highest BCUT2D eigenvalue weighted by molar-refractivity contribution is 5.40. The van der Waals surface area contributed by atoms with Crippen LogP contribution in [0.4, 0.5) is 0 Å². The van der Waals surface area contributed by atoms with E-state index in [1.54, 1.807) is 0 Å². The topological polar surface area (TPSA) is 21.3 Å².